The number of amides is 1. The summed E-state index contributed by atoms with van der Waals surface area (Å²) in [6.07, 6.45) is 0. The summed E-state index contributed by atoms with van der Waals surface area (Å²) in [4.78, 5) is 12.4. The highest BCUT2D eigenvalue weighted by Crippen LogP contribution is 2.25. The summed E-state index contributed by atoms with van der Waals surface area (Å²) in [7, 11) is -1.23. The normalized spacial score (nSPS) is 11.0. The zero-order valence-corrected chi connectivity index (χ0v) is 17.3. The molecule has 1 amide bonds. The van der Waals surface area contributed by atoms with E-state index in [1.165, 1.54) is 49.5 Å². The third kappa shape index (κ3) is 4.60. The number of anilines is 1. The predicted octanol–water partition coefficient (Wildman–Crippen LogP) is 3.59. The lowest BCUT2D eigenvalue weighted by atomic mass is 10.2. The average Bonchev–Trinajstić information content (AvgIpc) is 2.77. The Morgan fingerprint density at radius 3 is 2.50 bits per heavy atom. The van der Waals surface area contributed by atoms with Crippen LogP contribution in [0.25, 0.3) is 0 Å². The van der Waals surface area contributed by atoms with Gasteiger partial charge in [-0.1, -0.05) is 30.3 Å². The standard InChI is InChI=1S/C22H21FN2O4S/c1-25(21-12-4-3-11-20(21)23)30(27,28)19-10-6-8-17(14-19)22(26)24-15-16-7-5-9-18(13-16)29-2/h3-14H,15H2,1-2H3,(H,24,26). The van der Waals surface area contributed by atoms with Gasteiger partial charge >= 0.3 is 0 Å². The van der Waals surface area contributed by atoms with Crippen molar-refractivity contribution in [3.8, 4) is 5.75 Å². The zero-order chi connectivity index (χ0) is 21.7. The Labute approximate surface area is 175 Å². The lowest BCUT2D eigenvalue weighted by Gasteiger charge is -2.20. The first-order chi connectivity index (χ1) is 14.3. The van der Waals surface area contributed by atoms with Crippen molar-refractivity contribution in [3.05, 3.63) is 89.7 Å². The van der Waals surface area contributed by atoms with Crippen LogP contribution in [0.2, 0.25) is 0 Å². The summed E-state index contributed by atoms with van der Waals surface area (Å²) in [5.74, 6) is -0.412. The Balaban J connectivity index is 1.79. The summed E-state index contributed by atoms with van der Waals surface area (Å²) >= 11 is 0. The van der Waals surface area contributed by atoms with Gasteiger partial charge in [-0.25, -0.2) is 12.8 Å². The molecule has 0 aliphatic rings. The van der Waals surface area contributed by atoms with E-state index in [2.05, 4.69) is 5.32 Å². The number of sulfonamides is 1. The maximum Gasteiger partial charge on any atom is 0.264 e. The van der Waals surface area contributed by atoms with Crippen LogP contribution in [0, 0.1) is 5.82 Å². The highest BCUT2D eigenvalue weighted by Gasteiger charge is 2.24. The molecule has 0 aliphatic carbocycles. The Morgan fingerprint density at radius 2 is 1.77 bits per heavy atom. The molecule has 1 N–H and O–H groups in total. The van der Waals surface area contributed by atoms with Crippen molar-refractivity contribution in [2.75, 3.05) is 18.5 Å². The highest BCUT2D eigenvalue weighted by molar-refractivity contribution is 7.92. The van der Waals surface area contributed by atoms with E-state index < -0.39 is 21.7 Å². The van der Waals surface area contributed by atoms with Crippen LogP contribution >= 0.6 is 0 Å². The summed E-state index contributed by atoms with van der Waals surface area (Å²) in [6.45, 7) is 0.252. The highest BCUT2D eigenvalue weighted by atomic mass is 32.2. The minimum atomic E-state index is -4.05. The monoisotopic (exact) mass is 428 g/mol. The number of hydrogen-bond donors (Lipinski definition) is 1. The van der Waals surface area contributed by atoms with Gasteiger partial charge in [-0.15, -0.1) is 0 Å². The second-order valence-electron chi connectivity index (χ2n) is 6.49. The summed E-state index contributed by atoms with van der Waals surface area (Å²) in [6, 6.07) is 18.5. The molecule has 30 heavy (non-hydrogen) atoms. The molecule has 6 nitrogen and oxygen atoms in total. The molecule has 0 aromatic heterocycles. The number of hydrogen-bond acceptors (Lipinski definition) is 4. The largest absolute Gasteiger partial charge is 0.497 e. The zero-order valence-electron chi connectivity index (χ0n) is 16.5. The molecule has 156 valence electrons. The Bertz CT molecular complexity index is 1170. The van der Waals surface area contributed by atoms with E-state index in [4.69, 9.17) is 4.74 Å². The van der Waals surface area contributed by atoms with E-state index in [1.54, 1.807) is 25.3 Å². The molecule has 3 aromatic carbocycles. The van der Waals surface area contributed by atoms with E-state index in [0.29, 0.717) is 5.75 Å². The van der Waals surface area contributed by atoms with E-state index in [-0.39, 0.29) is 22.7 Å². The third-order valence-electron chi connectivity index (χ3n) is 4.53. The van der Waals surface area contributed by atoms with Gasteiger partial charge in [-0.3, -0.25) is 9.10 Å². The molecule has 8 heteroatoms. The molecule has 0 radical (unpaired) electrons. The van der Waals surface area contributed by atoms with Crippen molar-refractivity contribution in [2.24, 2.45) is 0 Å². The maximum atomic E-state index is 14.0. The van der Waals surface area contributed by atoms with Gasteiger partial charge in [0.2, 0.25) is 0 Å². The van der Waals surface area contributed by atoms with Gasteiger partial charge in [0.15, 0.2) is 0 Å². The molecular formula is C22H21FN2O4S. The minimum Gasteiger partial charge on any atom is -0.497 e. The van der Waals surface area contributed by atoms with Crippen LogP contribution in [0.1, 0.15) is 15.9 Å². The van der Waals surface area contributed by atoms with Gasteiger partial charge in [0.05, 0.1) is 17.7 Å². The number of nitrogens with zero attached hydrogens (tertiary/aromatic N) is 1. The summed E-state index contributed by atoms with van der Waals surface area (Å²) < 4.78 is 45.9. The second-order valence-corrected chi connectivity index (χ2v) is 8.46. The van der Waals surface area contributed by atoms with Crippen LogP contribution in [-0.4, -0.2) is 28.5 Å². The van der Waals surface area contributed by atoms with Crippen molar-refractivity contribution in [3.63, 3.8) is 0 Å². The van der Waals surface area contributed by atoms with Crippen LogP contribution in [0.4, 0.5) is 10.1 Å². The van der Waals surface area contributed by atoms with Crippen LogP contribution in [-0.2, 0) is 16.6 Å². The lowest BCUT2D eigenvalue weighted by molar-refractivity contribution is 0.0950. The fourth-order valence-corrected chi connectivity index (χ4v) is 4.11. The van der Waals surface area contributed by atoms with E-state index >= 15 is 0 Å². The van der Waals surface area contributed by atoms with Gasteiger partial charge in [0, 0.05) is 19.2 Å². The smallest absolute Gasteiger partial charge is 0.264 e. The van der Waals surface area contributed by atoms with Gasteiger partial charge < -0.3 is 10.1 Å². The molecule has 0 fully saturated rings. The van der Waals surface area contributed by atoms with Crippen molar-refractivity contribution in [1.82, 2.24) is 5.32 Å². The lowest BCUT2D eigenvalue weighted by Crippen LogP contribution is -2.28. The number of para-hydroxylation sites is 1. The van der Waals surface area contributed by atoms with Crippen LogP contribution in [0.3, 0.4) is 0 Å². The Hall–Kier alpha value is -3.39. The number of rotatable bonds is 7. The maximum absolute atomic E-state index is 14.0. The topological polar surface area (TPSA) is 75.7 Å². The fourth-order valence-electron chi connectivity index (χ4n) is 2.86. The van der Waals surface area contributed by atoms with Crippen LogP contribution in [0.15, 0.2) is 77.7 Å². The predicted molar refractivity (Wildman–Crippen MR) is 113 cm³/mol. The Morgan fingerprint density at radius 1 is 1.03 bits per heavy atom. The minimum absolute atomic E-state index is 0.0784. The van der Waals surface area contributed by atoms with Crippen LogP contribution in [0.5, 0.6) is 5.75 Å². The summed E-state index contributed by atoms with van der Waals surface area (Å²) in [5.41, 5.74) is 0.942. The molecule has 0 saturated carbocycles. The molecule has 0 spiro atoms. The number of nitrogens with one attached hydrogen (secondary N) is 1. The van der Waals surface area contributed by atoms with Gasteiger partial charge in [-0.05, 0) is 48.0 Å². The fraction of sp³-hybridized carbons (Fsp3) is 0.136. The molecule has 0 atom stereocenters. The number of halogens is 1. The first-order valence-electron chi connectivity index (χ1n) is 9.07. The Kier molecular flexibility index (Phi) is 6.37. The first-order valence-corrected chi connectivity index (χ1v) is 10.5. The van der Waals surface area contributed by atoms with E-state index in [1.807, 2.05) is 12.1 Å². The van der Waals surface area contributed by atoms with Crippen molar-refractivity contribution in [1.29, 1.82) is 0 Å². The van der Waals surface area contributed by atoms with Gasteiger partial charge in [0.1, 0.15) is 11.6 Å². The first kappa shape index (κ1) is 21.3. The van der Waals surface area contributed by atoms with E-state index in [0.717, 1.165) is 9.87 Å². The van der Waals surface area contributed by atoms with Crippen molar-refractivity contribution in [2.45, 2.75) is 11.4 Å². The average molecular weight is 428 g/mol. The second kappa shape index (κ2) is 8.96. The molecule has 0 bridgehead atoms. The quantitative estimate of drug-likeness (QED) is 0.624. The molecule has 0 unspecified atom stereocenters. The summed E-state index contributed by atoms with van der Waals surface area (Å²) in [5, 5.41) is 2.75. The molecule has 3 aromatic rings. The molecule has 0 heterocycles. The van der Waals surface area contributed by atoms with E-state index in [9.17, 15) is 17.6 Å². The number of carbonyl (C=O) groups excluding carboxylic acids is 1. The molecule has 3 rings (SSSR count). The van der Waals surface area contributed by atoms with Gasteiger partial charge in [0.25, 0.3) is 15.9 Å². The molecular weight excluding hydrogens is 407 g/mol. The number of benzene rings is 3. The SMILES string of the molecule is COc1cccc(CNC(=O)c2cccc(S(=O)(=O)N(C)c3ccccc3F)c2)c1. The van der Waals surface area contributed by atoms with Crippen molar-refractivity contribution < 1.29 is 22.3 Å². The number of carbonyl (C=O) groups is 1. The third-order valence-corrected chi connectivity index (χ3v) is 6.30. The molecule has 0 aliphatic heterocycles. The number of ether oxygens (including phenoxy) is 1. The molecule has 0 saturated heterocycles. The van der Waals surface area contributed by atoms with Gasteiger partial charge in [-0.2, -0.15) is 0 Å². The van der Waals surface area contributed by atoms with Crippen LogP contribution < -0.4 is 14.4 Å². The number of methoxy groups -OCH3 is 1. The van der Waals surface area contributed by atoms with Crippen molar-refractivity contribution >= 4 is 21.6 Å².